The van der Waals surface area contributed by atoms with Crippen LogP contribution in [0.4, 0.5) is 10.1 Å². The lowest BCUT2D eigenvalue weighted by Crippen LogP contribution is -2.36. The number of carbonyl (C=O) groups excluding carboxylic acids is 1. The summed E-state index contributed by atoms with van der Waals surface area (Å²) in [5.74, 6) is -0.335. The van der Waals surface area contributed by atoms with Crippen LogP contribution in [0.1, 0.15) is 24.0 Å². The zero-order valence-electron chi connectivity index (χ0n) is 12.2. The number of hydrogen-bond acceptors (Lipinski definition) is 1. The zero-order valence-corrected chi connectivity index (χ0v) is 12.9. The minimum absolute atomic E-state index is 0.0269. The molecule has 22 heavy (non-hydrogen) atoms. The standard InChI is InChI=1S/C18H17ClFNO/c19-15-9-6-13(7-10-15)8-11-17(22)21-12-2-4-14-3-1-5-16(20)18(14)21/h1,3,5-7,9-10H,2,4,8,11-12H2. The van der Waals surface area contributed by atoms with Crippen molar-refractivity contribution in [3.05, 3.63) is 64.4 Å². The Labute approximate surface area is 134 Å². The molecule has 0 spiro atoms. The van der Waals surface area contributed by atoms with Gasteiger partial charge in [0.1, 0.15) is 5.82 Å². The van der Waals surface area contributed by atoms with Crippen molar-refractivity contribution < 1.29 is 9.18 Å². The largest absolute Gasteiger partial charge is 0.309 e. The van der Waals surface area contributed by atoms with Gasteiger partial charge in [-0.1, -0.05) is 35.9 Å². The molecule has 0 saturated carbocycles. The maximum Gasteiger partial charge on any atom is 0.227 e. The molecule has 2 aromatic rings. The number of amides is 1. The summed E-state index contributed by atoms with van der Waals surface area (Å²) in [5, 5.41) is 0.683. The van der Waals surface area contributed by atoms with E-state index in [-0.39, 0.29) is 11.7 Å². The van der Waals surface area contributed by atoms with Crippen LogP contribution in [0.3, 0.4) is 0 Å². The maximum absolute atomic E-state index is 14.1. The van der Waals surface area contributed by atoms with E-state index in [1.807, 2.05) is 30.3 Å². The Hall–Kier alpha value is -1.87. The second kappa shape index (κ2) is 6.49. The van der Waals surface area contributed by atoms with Gasteiger partial charge >= 0.3 is 0 Å². The lowest BCUT2D eigenvalue weighted by molar-refractivity contribution is -0.118. The van der Waals surface area contributed by atoms with Gasteiger partial charge in [0.05, 0.1) is 5.69 Å². The van der Waals surface area contributed by atoms with Gasteiger partial charge in [0.15, 0.2) is 0 Å². The molecule has 4 heteroatoms. The molecule has 2 nitrogen and oxygen atoms in total. The highest BCUT2D eigenvalue weighted by molar-refractivity contribution is 6.30. The molecule has 1 heterocycles. The van der Waals surface area contributed by atoms with Gasteiger partial charge in [-0.2, -0.15) is 0 Å². The maximum atomic E-state index is 14.1. The van der Waals surface area contributed by atoms with Crippen molar-refractivity contribution in [2.75, 3.05) is 11.4 Å². The van der Waals surface area contributed by atoms with Crippen molar-refractivity contribution in [2.45, 2.75) is 25.7 Å². The Morgan fingerprint density at radius 2 is 1.95 bits per heavy atom. The molecule has 114 valence electrons. The van der Waals surface area contributed by atoms with Gasteiger partial charge in [-0.25, -0.2) is 4.39 Å². The van der Waals surface area contributed by atoms with Crippen molar-refractivity contribution >= 4 is 23.2 Å². The lowest BCUT2D eigenvalue weighted by Gasteiger charge is -2.30. The summed E-state index contributed by atoms with van der Waals surface area (Å²) in [6, 6.07) is 12.5. The average molecular weight is 318 g/mol. The van der Waals surface area contributed by atoms with E-state index in [9.17, 15) is 9.18 Å². The first-order valence-electron chi connectivity index (χ1n) is 7.47. The third-order valence-electron chi connectivity index (χ3n) is 4.01. The molecule has 0 bridgehead atoms. The first kappa shape index (κ1) is 15.0. The number of para-hydroxylation sites is 1. The zero-order chi connectivity index (χ0) is 15.5. The van der Waals surface area contributed by atoms with Crippen LogP contribution in [0.15, 0.2) is 42.5 Å². The summed E-state index contributed by atoms with van der Waals surface area (Å²) in [6.45, 7) is 0.591. The van der Waals surface area contributed by atoms with Crippen LogP contribution in [0, 0.1) is 5.82 Å². The summed E-state index contributed by atoms with van der Waals surface area (Å²) in [5.41, 5.74) is 2.45. The first-order valence-corrected chi connectivity index (χ1v) is 7.85. The summed E-state index contributed by atoms with van der Waals surface area (Å²) < 4.78 is 14.1. The van der Waals surface area contributed by atoms with Crippen molar-refractivity contribution in [1.29, 1.82) is 0 Å². The third-order valence-corrected chi connectivity index (χ3v) is 4.26. The quantitative estimate of drug-likeness (QED) is 0.822. The van der Waals surface area contributed by atoms with Crippen LogP contribution < -0.4 is 4.90 Å². The molecule has 0 fully saturated rings. The number of benzene rings is 2. The van der Waals surface area contributed by atoms with Gasteiger partial charge in [-0.15, -0.1) is 0 Å². The number of halogens is 2. The molecular weight excluding hydrogens is 301 g/mol. The summed E-state index contributed by atoms with van der Waals surface area (Å²) in [4.78, 5) is 14.1. The molecule has 1 amide bonds. The Morgan fingerprint density at radius 3 is 2.73 bits per heavy atom. The smallest absolute Gasteiger partial charge is 0.227 e. The second-order valence-electron chi connectivity index (χ2n) is 5.52. The average Bonchev–Trinajstić information content (AvgIpc) is 2.54. The molecule has 0 aliphatic carbocycles. The van der Waals surface area contributed by atoms with Crippen LogP contribution in [-0.4, -0.2) is 12.5 Å². The molecule has 3 rings (SSSR count). The minimum Gasteiger partial charge on any atom is -0.309 e. The molecule has 1 aliphatic rings. The van der Waals surface area contributed by atoms with Gasteiger partial charge in [0.2, 0.25) is 5.91 Å². The van der Waals surface area contributed by atoms with E-state index in [1.165, 1.54) is 6.07 Å². The predicted octanol–water partition coefficient (Wildman–Crippen LogP) is 4.39. The van der Waals surface area contributed by atoms with Crippen LogP contribution in [-0.2, 0) is 17.6 Å². The lowest BCUT2D eigenvalue weighted by atomic mass is 10.0. The van der Waals surface area contributed by atoms with Crippen LogP contribution in [0.2, 0.25) is 5.02 Å². The predicted molar refractivity (Wildman–Crippen MR) is 86.8 cm³/mol. The number of nitrogens with zero attached hydrogens (tertiary/aromatic N) is 1. The van der Waals surface area contributed by atoms with E-state index in [4.69, 9.17) is 11.6 Å². The summed E-state index contributed by atoms with van der Waals surface area (Å²) in [7, 11) is 0. The topological polar surface area (TPSA) is 20.3 Å². The molecule has 0 aromatic heterocycles. The third kappa shape index (κ3) is 3.14. The highest BCUT2D eigenvalue weighted by Gasteiger charge is 2.25. The fourth-order valence-electron chi connectivity index (χ4n) is 2.89. The van der Waals surface area contributed by atoms with E-state index in [1.54, 1.807) is 11.0 Å². The van der Waals surface area contributed by atoms with E-state index in [0.29, 0.717) is 30.1 Å². The Balaban J connectivity index is 1.72. The molecule has 0 unspecified atom stereocenters. The fourth-order valence-corrected chi connectivity index (χ4v) is 3.02. The van der Waals surface area contributed by atoms with E-state index in [2.05, 4.69) is 0 Å². The highest BCUT2D eigenvalue weighted by atomic mass is 35.5. The first-order chi connectivity index (χ1) is 10.6. The monoisotopic (exact) mass is 317 g/mol. The van der Waals surface area contributed by atoms with Gasteiger partial charge in [0.25, 0.3) is 0 Å². The SMILES string of the molecule is O=C(CCc1ccc(Cl)cc1)N1CCCc2cccc(F)c21. The second-order valence-corrected chi connectivity index (χ2v) is 5.96. The van der Waals surface area contributed by atoms with Gasteiger partial charge in [-0.3, -0.25) is 4.79 Å². The number of rotatable bonds is 3. The van der Waals surface area contributed by atoms with E-state index >= 15 is 0 Å². The van der Waals surface area contributed by atoms with Crippen LogP contribution in [0.25, 0.3) is 0 Å². The van der Waals surface area contributed by atoms with Gasteiger partial charge < -0.3 is 4.90 Å². The van der Waals surface area contributed by atoms with Crippen molar-refractivity contribution in [3.63, 3.8) is 0 Å². The molecule has 0 radical (unpaired) electrons. The van der Waals surface area contributed by atoms with Gasteiger partial charge in [-0.05, 0) is 48.6 Å². The molecule has 2 aromatic carbocycles. The number of hydrogen-bond donors (Lipinski definition) is 0. The Kier molecular flexibility index (Phi) is 4.44. The van der Waals surface area contributed by atoms with E-state index < -0.39 is 0 Å². The fraction of sp³-hybridized carbons (Fsp3) is 0.278. The van der Waals surface area contributed by atoms with Crippen molar-refractivity contribution in [2.24, 2.45) is 0 Å². The number of carbonyl (C=O) groups is 1. The highest BCUT2D eigenvalue weighted by Crippen LogP contribution is 2.30. The van der Waals surface area contributed by atoms with Crippen molar-refractivity contribution in [1.82, 2.24) is 0 Å². The molecule has 1 aliphatic heterocycles. The van der Waals surface area contributed by atoms with Crippen LogP contribution >= 0.6 is 11.6 Å². The molecule has 0 N–H and O–H groups in total. The van der Waals surface area contributed by atoms with Crippen molar-refractivity contribution in [3.8, 4) is 0 Å². The number of fused-ring (bicyclic) bond motifs is 1. The molecular formula is C18H17ClFNO. The normalized spacial score (nSPS) is 13.8. The van der Waals surface area contributed by atoms with Gasteiger partial charge in [0, 0.05) is 18.0 Å². The van der Waals surface area contributed by atoms with E-state index in [0.717, 1.165) is 24.0 Å². The summed E-state index contributed by atoms with van der Waals surface area (Å²) >= 11 is 5.85. The summed E-state index contributed by atoms with van der Waals surface area (Å²) in [6.07, 6.45) is 2.71. The number of anilines is 1. The molecule has 0 saturated heterocycles. The Morgan fingerprint density at radius 1 is 1.18 bits per heavy atom. The van der Waals surface area contributed by atoms with Crippen LogP contribution in [0.5, 0.6) is 0 Å². The molecule has 0 atom stereocenters. The number of aryl methyl sites for hydroxylation is 2. The minimum atomic E-state index is -0.308. The Bertz CT molecular complexity index is 684.